The van der Waals surface area contributed by atoms with Crippen molar-refractivity contribution in [3.63, 3.8) is 0 Å². The summed E-state index contributed by atoms with van der Waals surface area (Å²) in [6, 6.07) is 36.2. The summed E-state index contributed by atoms with van der Waals surface area (Å²) >= 11 is 0. The second-order valence-corrected chi connectivity index (χ2v) is 8.68. The van der Waals surface area contributed by atoms with Crippen molar-refractivity contribution in [2.24, 2.45) is 0 Å². The van der Waals surface area contributed by atoms with Gasteiger partial charge in [0.2, 0.25) is 0 Å². The lowest BCUT2D eigenvalue weighted by molar-refractivity contribution is 0.112. The molecule has 0 aliphatic rings. The van der Waals surface area contributed by atoms with Crippen LogP contribution < -0.4 is 0 Å². The van der Waals surface area contributed by atoms with Crippen molar-refractivity contribution in [1.82, 2.24) is 0 Å². The minimum atomic E-state index is 0.486. The van der Waals surface area contributed by atoms with Crippen molar-refractivity contribution in [3.8, 4) is 0 Å². The van der Waals surface area contributed by atoms with Gasteiger partial charge in [-0.3, -0.25) is 4.79 Å². The molecule has 0 heterocycles. The Morgan fingerprint density at radius 3 is 1.55 bits per heavy atom. The van der Waals surface area contributed by atoms with Gasteiger partial charge in [-0.2, -0.15) is 0 Å². The van der Waals surface area contributed by atoms with E-state index >= 15 is 0 Å². The van der Waals surface area contributed by atoms with Crippen molar-refractivity contribution in [1.29, 1.82) is 0 Å². The lowest BCUT2D eigenvalue weighted by Gasteiger charge is -2.19. The highest BCUT2D eigenvalue weighted by Crippen LogP contribution is 2.37. The van der Waals surface area contributed by atoms with Crippen molar-refractivity contribution in [3.05, 3.63) is 142 Å². The van der Waals surface area contributed by atoms with Crippen LogP contribution in [-0.2, 0) is 6.42 Å². The van der Waals surface area contributed by atoms with E-state index in [-0.39, 0.29) is 0 Å². The third kappa shape index (κ3) is 5.04. The summed E-state index contributed by atoms with van der Waals surface area (Å²) < 4.78 is 0. The van der Waals surface area contributed by atoms with Gasteiger partial charge in [0, 0.05) is 5.56 Å². The molecule has 0 saturated carbocycles. The first-order valence-electron chi connectivity index (χ1n) is 11.7. The number of hydrogen-bond acceptors (Lipinski definition) is 1. The molecular formula is C32H30O. The molecule has 1 heteroatoms. The molecule has 4 aromatic rings. The lowest BCUT2D eigenvalue weighted by atomic mass is 9.84. The van der Waals surface area contributed by atoms with Crippen LogP contribution in [-0.4, -0.2) is 6.29 Å². The third-order valence-corrected chi connectivity index (χ3v) is 6.16. The van der Waals surface area contributed by atoms with Crippen LogP contribution in [0.3, 0.4) is 0 Å². The molecule has 1 nitrogen and oxygen atoms in total. The first-order chi connectivity index (χ1) is 16.1. The molecule has 0 spiro atoms. The number of carbonyl (C=O) groups excluding carboxylic acids is 1. The maximum atomic E-state index is 11.3. The van der Waals surface area contributed by atoms with Crippen LogP contribution in [0.4, 0.5) is 0 Å². The molecule has 0 atom stereocenters. The highest BCUT2D eigenvalue weighted by molar-refractivity contribution is 6.04. The van der Waals surface area contributed by atoms with Crippen molar-refractivity contribution >= 4 is 17.4 Å². The number of rotatable bonds is 7. The Hall–Kier alpha value is -3.71. The normalized spacial score (nSPS) is 11.9. The van der Waals surface area contributed by atoms with E-state index in [1.807, 2.05) is 18.2 Å². The van der Waals surface area contributed by atoms with Gasteiger partial charge < -0.3 is 0 Å². The molecule has 0 radical (unpaired) electrons. The highest BCUT2D eigenvalue weighted by atomic mass is 16.1. The van der Waals surface area contributed by atoms with Crippen molar-refractivity contribution in [2.75, 3.05) is 0 Å². The van der Waals surface area contributed by atoms with E-state index in [0.29, 0.717) is 11.5 Å². The first-order valence-corrected chi connectivity index (χ1v) is 11.7. The maximum absolute atomic E-state index is 11.3. The van der Waals surface area contributed by atoms with E-state index < -0.39 is 0 Å². The lowest BCUT2D eigenvalue weighted by Crippen LogP contribution is -1.99. The molecule has 0 saturated heterocycles. The van der Waals surface area contributed by atoms with E-state index in [4.69, 9.17) is 0 Å². The summed E-state index contributed by atoms with van der Waals surface area (Å²) in [7, 11) is 0. The molecule has 4 aromatic carbocycles. The van der Waals surface area contributed by atoms with E-state index in [9.17, 15) is 4.79 Å². The van der Waals surface area contributed by atoms with E-state index in [2.05, 4.69) is 106 Å². The summed E-state index contributed by atoms with van der Waals surface area (Å²) in [5, 5.41) is 0. The van der Waals surface area contributed by atoms with E-state index in [1.54, 1.807) is 0 Å². The number of hydrogen-bond donors (Lipinski definition) is 0. The second kappa shape index (κ2) is 10.3. The molecule has 164 valence electrons. The van der Waals surface area contributed by atoms with Crippen LogP contribution in [0.15, 0.2) is 103 Å². The van der Waals surface area contributed by atoms with Crippen LogP contribution in [0, 0.1) is 0 Å². The molecule has 33 heavy (non-hydrogen) atoms. The largest absolute Gasteiger partial charge is 0.298 e. The van der Waals surface area contributed by atoms with Gasteiger partial charge in [0.15, 0.2) is 0 Å². The molecule has 0 amide bonds. The zero-order valence-corrected chi connectivity index (χ0v) is 19.6. The summed E-state index contributed by atoms with van der Waals surface area (Å²) in [6.45, 7) is 6.62. The summed E-state index contributed by atoms with van der Waals surface area (Å²) in [4.78, 5) is 11.3. The molecule has 0 aromatic heterocycles. The minimum absolute atomic E-state index is 0.486. The maximum Gasteiger partial charge on any atom is 0.150 e. The van der Waals surface area contributed by atoms with Gasteiger partial charge in [-0.1, -0.05) is 124 Å². The van der Waals surface area contributed by atoms with Crippen LogP contribution in [0.1, 0.15) is 70.4 Å². The fourth-order valence-electron chi connectivity index (χ4n) is 4.19. The molecule has 0 aliphatic heterocycles. The highest BCUT2D eigenvalue weighted by Gasteiger charge is 2.16. The van der Waals surface area contributed by atoms with Gasteiger partial charge >= 0.3 is 0 Å². The van der Waals surface area contributed by atoms with Gasteiger partial charge in [0.1, 0.15) is 6.29 Å². The van der Waals surface area contributed by atoms with E-state index in [1.165, 1.54) is 27.8 Å². The summed E-state index contributed by atoms with van der Waals surface area (Å²) in [6.07, 6.45) is 1.91. The van der Waals surface area contributed by atoms with Gasteiger partial charge in [-0.25, -0.2) is 0 Å². The second-order valence-electron chi connectivity index (χ2n) is 8.68. The van der Waals surface area contributed by atoms with Gasteiger partial charge in [0.05, 0.1) is 0 Å². The summed E-state index contributed by atoms with van der Waals surface area (Å²) in [5.41, 5.74) is 10.3. The molecular weight excluding hydrogens is 400 g/mol. The van der Waals surface area contributed by atoms with Crippen molar-refractivity contribution in [2.45, 2.75) is 33.1 Å². The molecule has 0 fully saturated rings. The zero-order chi connectivity index (χ0) is 23.2. The number of benzene rings is 4. The monoisotopic (exact) mass is 430 g/mol. The quantitative estimate of drug-likeness (QED) is 0.213. The smallest absolute Gasteiger partial charge is 0.150 e. The Morgan fingerprint density at radius 2 is 1.09 bits per heavy atom. The van der Waals surface area contributed by atoms with Gasteiger partial charge in [-0.05, 0) is 56.9 Å². The molecule has 0 aliphatic carbocycles. The summed E-state index contributed by atoms with van der Waals surface area (Å²) in [5.74, 6) is 0.486. The predicted octanol–water partition coefficient (Wildman–Crippen LogP) is 8.19. The Morgan fingerprint density at radius 1 is 0.636 bits per heavy atom. The minimum Gasteiger partial charge on any atom is -0.298 e. The Balaban J connectivity index is 2.03. The predicted molar refractivity (Wildman–Crippen MR) is 140 cm³/mol. The van der Waals surface area contributed by atoms with Crippen LogP contribution >= 0.6 is 0 Å². The van der Waals surface area contributed by atoms with Crippen LogP contribution in [0.2, 0.25) is 0 Å². The number of aldehydes is 1. The van der Waals surface area contributed by atoms with Crippen molar-refractivity contribution < 1.29 is 4.79 Å². The van der Waals surface area contributed by atoms with Crippen LogP contribution in [0.25, 0.3) is 11.1 Å². The SMILES string of the molecule is CCc1ccc(/C(=C(\c2ccccc2)c2ccc(C=O)cc2)c2ccc(C(C)C)cc2)cc1. The molecule has 0 unspecified atom stereocenters. The standard InChI is InChI=1S/C32H30O/c1-4-24-10-14-28(15-11-24)32(30-20-18-26(19-21-30)23(2)3)31(27-8-6-5-7-9-27)29-16-12-25(22-33)13-17-29/h5-23H,4H2,1-3H3/b32-31-. The van der Waals surface area contributed by atoms with Gasteiger partial charge in [-0.15, -0.1) is 0 Å². The zero-order valence-electron chi connectivity index (χ0n) is 19.6. The topological polar surface area (TPSA) is 17.1 Å². The molecule has 0 N–H and O–H groups in total. The third-order valence-electron chi connectivity index (χ3n) is 6.16. The van der Waals surface area contributed by atoms with E-state index in [0.717, 1.165) is 29.4 Å². The van der Waals surface area contributed by atoms with Gasteiger partial charge in [0.25, 0.3) is 0 Å². The Bertz CT molecular complexity index is 1230. The molecule has 0 bridgehead atoms. The number of aryl methyl sites for hydroxylation is 1. The fraction of sp³-hybridized carbons (Fsp3) is 0.156. The average Bonchev–Trinajstić information content (AvgIpc) is 2.88. The Labute approximate surface area is 197 Å². The molecule has 4 rings (SSSR count). The first kappa shape index (κ1) is 22.5. The fourth-order valence-corrected chi connectivity index (χ4v) is 4.19. The Kier molecular flexibility index (Phi) is 7.00. The van der Waals surface area contributed by atoms with Crippen LogP contribution in [0.5, 0.6) is 0 Å². The number of carbonyl (C=O) groups is 1. The average molecular weight is 431 g/mol.